The summed E-state index contributed by atoms with van der Waals surface area (Å²) >= 11 is 1.61. The van der Waals surface area contributed by atoms with Gasteiger partial charge in [0.25, 0.3) is 0 Å². The third kappa shape index (κ3) is 3.94. The minimum absolute atomic E-state index is 0.0151. The summed E-state index contributed by atoms with van der Waals surface area (Å²) in [7, 11) is 0. The molecule has 2 fully saturated rings. The van der Waals surface area contributed by atoms with Gasteiger partial charge in [-0.05, 0) is 19.3 Å². The predicted molar refractivity (Wildman–Crippen MR) is 84.4 cm³/mol. The van der Waals surface area contributed by atoms with Gasteiger partial charge in [0.15, 0.2) is 0 Å². The molecule has 2 saturated heterocycles. The first-order valence-corrected chi connectivity index (χ1v) is 9.08. The number of carbonyl (C=O) groups excluding carboxylic acids is 2. The molecule has 2 aliphatic heterocycles. The Morgan fingerprint density at radius 3 is 2.50 bits per heavy atom. The van der Waals surface area contributed by atoms with Gasteiger partial charge >= 0.3 is 5.97 Å². The zero-order chi connectivity index (χ0) is 16.1. The maximum atomic E-state index is 12.6. The number of carbonyl (C=O) groups is 3. The minimum atomic E-state index is -0.778. The van der Waals surface area contributed by atoms with Crippen molar-refractivity contribution in [2.24, 2.45) is 5.92 Å². The fourth-order valence-electron chi connectivity index (χ4n) is 2.92. The Morgan fingerprint density at radius 1 is 1.23 bits per heavy atom. The Labute approximate surface area is 135 Å². The van der Waals surface area contributed by atoms with Crippen molar-refractivity contribution in [3.63, 3.8) is 0 Å². The number of aliphatic carboxylic acids is 1. The molecule has 0 bridgehead atoms. The second kappa shape index (κ2) is 7.85. The third-order valence-corrected chi connectivity index (χ3v) is 5.40. The van der Waals surface area contributed by atoms with Crippen LogP contribution in [-0.4, -0.2) is 63.5 Å². The number of carboxylic acids is 1. The second-order valence-electron chi connectivity index (χ2n) is 5.92. The fraction of sp³-hybridized carbons (Fsp3) is 0.800. The van der Waals surface area contributed by atoms with Crippen LogP contribution >= 0.6 is 11.8 Å². The molecule has 2 rings (SSSR count). The number of carboxylic acid groups (broad SMARTS) is 1. The van der Waals surface area contributed by atoms with Gasteiger partial charge in [0.1, 0.15) is 6.04 Å². The van der Waals surface area contributed by atoms with Crippen molar-refractivity contribution < 1.29 is 19.5 Å². The van der Waals surface area contributed by atoms with Crippen LogP contribution < -0.4 is 0 Å². The topological polar surface area (TPSA) is 77.9 Å². The van der Waals surface area contributed by atoms with Crippen molar-refractivity contribution in [3.8, 4) is 0 Å². The smallest absolute Gasteiger partial charge is 0.306 e. The van der Waals surface area contributed by atoms with Crippen molar-refractivity contribution in [1.82, 2.24) is 9.80 Å². The van der Waals surface area contributed by atoms with Gasteiger partial charge in [-0.15, -0.1) is 11.8 Å². The third-order valence-electron chi connectivity index (χ3n) is 4.39. The SMILES string of the molecule is CCCCC(=O)N1CSCC1C(=O)N1CCC(C(=O)O)CC1. The van der Waals surface area contributed by atoms with Gasteiger partial charge in [-0.2, -0.15) is 0 Å². The zero-order valence-electron chi connectivity index (χ0n) is 13.0. The molecule has 2 amide bonds. The Balaban J connectivity index is 1.91. The second-order valence-corrected chi connectivity index (χ2v) is 6.92. The molecule has 1 atom stereocenters. The standard InChI is InChI=1S/C15H24N2O4S/c1-2-3-4-13(18)17-10-22-9-12(17)14(19)16-7-5-11(6-8-16)15(20)21/h11-12H,2-10H2,1H3,(H,20,21). The van der Waals surface area contributed by atoms with E-state index in [0.717, 1.165) is 12.8 Å². The maximum absolute atomic E-state index is 12.6. The number of hydrogen-bond acceptors (Lipinski definition) is 4. The number of hydrogen-bond donors (Lipinski definition) is 1. The van der Waals surface area contributed by atoms with Crippen molar-refractivity contribution in [2.75, 3.05) is 24.7 Å². The van der Waals surface area contributed by atoms with Crippen LogP contribution in [-0.2, 0) is 14.4 Å². The van der Waals surface area contributed by atoms with Crippen LogP contribution in [0, 0.1) is 5.92 Å². The highest BCUT2D eigenvalue weighted by atomic mass is 32.2. The molecule has 124 valence electrons. The van der Waals surface area contributed by atoms with E-state index in [-0.39, 0.29) is 23.8 Å². The highest BCUT2D eigenvalue weighted by Crippen LogP contribution is 2.26. The summed E-state index contributed by atoms with van der Waals surface area (Å²) in [5, 5.41) is 9.01. The molecule has 2 aliphatic rings. The largest absolute Gasteiger partial charge is 0.481 e. The van der Waals surface area contributed by atoms with Crippen molar-refractivity contribution in [3.05, 3.63) is 0 Å². The molecule has 0 spiro atoms. The van der Waals surface area contributed by atoms with E-state index < -0.39 is 5.97 Å². The number of piperidine rings is 1. The first-order valence-electron chi connectivity index (χ1n) is 7.93. The summed E-state index contributed by atoms with van der Waals surface area (Å²) in [5.74, 6) is 0.161. The first kappa shape index (κ1) is 17.1. The molecular weight excluding hydrogens is 304 g/mol. The van der Waals surface area contributed by atoms with E-state index in [9.17, 15) is 14.4 Å². The van der Waals surface area contributed by atoms with Gasteiger partial charge in [0, 0.05) is 25.3 Å². The molecular formula is C15H24N2O4S. The number of nitrogens with zero attached hydrogens (tertiary/aromatic N) is 2. The monoisotopic (exact) mass is 328 g/mol. The highest BCUT2D eigenvalue weighted by molar-refractivity contribution is 7.99. The van der Waals surface area contributed by atoms with Crippen LogP contribution in [0.4, 0.5) is 0 Å². The first-order chi connectivity index (χ1) is 10.5. The highest BCUT2D eigenvalue weighted by Gasteiger charge is 2.38. The molecule has 2 heterocycles. The summed E-state index contributed by atoms with van der Waals surface area (Å²) in [6.45, 7) is 3.00. The van der Waals surface area contributed by atoms with E-state index in [1.54, 1.807) is 21.6 Å². The number of rotatable bonds is 5. The Hall–Kier alpha value is -1.24. The summed E-state index contributed by atoms with van der Waals surface area (Å²) in [6, 6.07) is -0.365. The zero-order valence-corrected chi connectivity index (χ0v) is 13.8. The molecule has 0 saturated carbocycles. The van der Waals surface area contributed by atoms with E-state index in [2.05, 4.69) is 0 Å². The quantitative estimate of drug-likeness (QED) is 0.825. The fourth-order valence-corrected chi connectivity index (χ4v) is 4.09. The molecule has 0 aromatic carbocycles. The molecule has 1 N–H and O–H groups in total. The molecule has 1 unspecified atom stereocenters. The molecule has 6 nitrogen and oxygen atoms in total. The van der Waals surface area contributed by atoms with Crippen LogP contribution in [0.2, 0.25) is 0 Å². The van der Waals surface area contributed by atoms with Crippen LogP contribution in [0.1, 0.15) is 39.0 Å². The summed E-state index contributed by atoms with van der Waals surface area (Å²) < 4.78 is 0. The van der Waals surface area contributed by atoms with Crippen LogP contribution in [0.25, 0.3) is 0 Å². The molecule has 22 heavy (non-hydrogen) atoms. The summed E-state index contributed by atoms with van der Waals surface area (Å²) in [5.41, 5.74) is 0. The van der Waals surface area contributed by atoms with Crippen LogP contribution in [0.15, 0.2) is 0 Å². The van der Waals surface area contributed by atoms with Gasteiger partial charge in [-0.25, -0.2) is 0 Å². The van der Waals surface area contributed by atoms with Gasteiger partial charge in [0.2, 0.25) is 11.8 Å². The van der Waals surface area contributed by atoms with E-state index in [1.165, 1.54) is 0 Å². The lowest BCUT2D eigenvalue weighted by Gasteiger charge is -2.34. The number of thioether (sulfide) groups is 1. The van der Waals surface area contributed by atoms with E-state index in [1.807, 2.05) is 6.92 Å². The van der Waals surface area contributed by atoms with E-state index in [0.29, 0.717) is 44.0 Å². The summed E-state index contributed by atoms with van der Waals surface area (Å²) in [4.78, 5) is 39.2. The number of amides is 2. The van der Waals surface area contributed by atoms with Crippen molar-refractivity contribution >= 4 is 29.5 Å². The average Bonchev–Trinajstić information content (AvgIpc) is 3.01. The normalized spacial score (nSPS) is 22.9. The van der Waals surface area contributed by atoms with Crippen LogP contribution in [0.5, 0.6) is 0 Å². The van der Waals surface area contributed by atoms with Gasteiger partial charge in [-0.1, -0.05) is 13.3 Å². The molecule has 0 aromatic heterocycles. The lowest BCUT2D eigenvalue weighted by Crippen LogP contribution is -2.51. The van der Waals surface area contributed by atoms with Crippen LogP contribution in [0.3, 0.4) is 0 Å². The molecule has 7 heteroatoms. The molecule has 0 aromatic rings. The van der Waals surface area contributed by atoms with Gasteiger partial charge < -0.3 is 14.9 Å². The maximum Gasteiger partial charge on any atom is 0.306 e. The van der Waals surface area contributed by atoms with Crippen molar-refractivity contribution in [2.45, 2.75) is 45.1 Å². The predicted octanol–water partition coefficient (Wildman–Crippen LogP) is 1.40. The van der Waals surface area contributed by atoms with Gasteiger partial charge in [0.05, 0.1) is 11.8 Å². The van der Waals surface area contributed by atoms with E-state index >= 15 is 0 Å². The number of likely N-dealkylation sites (tertiary alicyclic amines) is 1. The summed E-state index contributed by atoms with van der Waals surface area (Å²) in [6.07, 6.45) is 3.33. The lowest BCUT2D eigenvalue weighted by molar-refractivity contribution is -0.148. The molecule has 0 radical (unpaired) electrons. The Bertz CT molecular complexity index is 435. The lowest BCUT2D eigenvalue weighted by atomic mass is 9.96. The van der Waals surface area contributed by atoms with Crippen molar-refractivity contribution in [1.29, 1.82) is 0 Å². The van der Waals surface area contributed by atoms with E-state index in [4.69, 9.17) is 5.11 Å². The molecule has 0 aliphatic carbocycles. The minimum Gasteiger partial charge on any atom is -0.481 e. The van der Waals surface area contributed by atoms with Gasteiger partial charge in [-0.3, -0.25) is 14.4 Å². The average molecular weight is 328 g/mol. The Kier molecular flexibility index (Phi) is 6.11. The number of unbranched alkanes of at least 4 members (excludes halogenated alkanes) is 1. The Morgan fingerprint density at radius 2 is 1.91 bits per heavy atom.